The Kier molecular flexibility index (Phi) is 5.04. The van der Waals surface area contributed by atoms with E-state index in [9.17, 15) is 4.79 Å². The van der Waals surface area contributed by atoms with Crippen LogP contribution in [0.3, 0.4) is 0 Å². The first kappa shape index (κ1) is 18.2. The molecule has 1 saturated heterocycles. The van der Waals surface area contributed by atoms with Gasteiger partial charge in [-0.25, -0.2) is 0 Å². The summed E-state index contributed by atoms with van der Waals surface area (Å²) in [7, 11) is 1.67. The zero-order valence-electron chi connectivity index (χ0n) is 15.1. The molecule has 0 saturated carbocycles. The number of thiophene rings is 1. The van der Waals surface area contributed by atoms with E-state index in [0.29, 0.717) is 18.0 Å². The maximum Gasteiger partial charge on any atom is 0.237 e. The van der Waals surface area contributed by atoms with E-state index >= 15 is 0 Å². The van der Waals surface area contributed by atoms with Crippen LogP contribution in [0.1, 0.15) is 10.4 Å². The molecule has 3 heterocycles. The highest BCUT2D eigenvalue weighted by Crippen LogP contribution is 2.41. The average Bonchev–Trinajstić information content (AvgIpc) is 3.05. The smallest absolute Gasteiger partial charge is 0.237 e. The zero-order valence-corrected chi connectivity index (χ0v) is 16.7. The number of carbonyl (C=O) groups is 1. The van der Waals surface area contributed by atoms with E-state index in [0.717, 1.165) is 44.1 Å². The first-order chi connectivity index (χ1) is 13.1. The summed E-state index contributed by atoms with van der Waals surface area (Å²) in [5.41, 5.74) is 3.91. The number of hydrogen-bond acceptors (Lipinski definition) is 5. The standard InChI is InChI=1S/C20H20ClN3O2S/c1-11-7-12(21)8-15(18(11)26-2)14-3-4-22-16-9-13(27-19(14)16)10-17-20(25)24-6-5-23-17/h3-4,7-9,17,23H,5-6,10H2,1-2H3,(H,24,25). The van der Waals surface area contributed by atoms with Crippen LogP contribution in [0.25, 0.3) is 21.3 Å². The first-order valence-electron chi connectivity index (χ1n) is 8.80. The maximum atomic E-state index is 12.0. The van der Waals surface area contributed by atoms with Gasteiger partial charge in [-0.3, -0.25) is 9.78 Å². The minimum atomic E-state index is -0.196. The van der Waals surface area contributed by atoms with Crippen LogP contribution in [0.5, 0.6) is 5.75 Å². The zero-order chi connectivity index (χ0) is 19.0. The van der Waals surface area contributed by atoms with Gasteiger partial charge in [-0.05, 0) is 36.8 Å². The van der Waals surface area contributed by atoms with Crippen molar-refractivity contribution < 1.29 is 9.53 Å². The largest absolute Gasteiger partial charge is 0.496 e. The van der Waals surface area contributed by atoms with Gasteiger partial charge in [-0.1, -0.05) is 11.6 Å². The van der Waals surface area contributed by atoms with E-state index in [1.54, 1.807) is 24.6 Å². The highest BCUT2D eigenvalue weighted by atomic mass is 35.5. The number of amides is 1. The van der Waals surface area contributed by atoms with Gasteiger partial charge in [0.25, 0.3) is 0 Å². The second kappa shape index (κ2) is 7.46. The van der Waals surface area contributed by atoms with Crippen molar-refractivity contribution in [3.05, 3.63) is 45.9 Å². The molecule has 1 aromatic carbocycles. The average molecular weight is 402 g/mol. The number of carbonyl (C=O) groups excluding carboxylic acids is 1. The predicted octanol–water partition coefficient (Wildman–Crippen LogP) is 3.56. The van der Waals surface area contributed by atoms with E-state index < -0.39 is 0 Å². The Morgan fingerprint density at radius 1 is 1.30 bits per heavy atom. The van der Waals surface area contributed by atoms with E-state index in [1.165, 1.54) is 0 Å². The van der Waals surface area contributed by atoms with Crippen molar-refractivity contribution in [3.8, 4) is 16.9 Å². The summed E-state index contributed by atoms with van der Waals surface area (Å²) >= 11 is 7.97. The lowest BCUT2D eigenvalue weighted by molar-refractivity contribution is -0.124. The highest BCUT2D eigenvalue weighted by molar-refractivity contribution is 7.19. The van der Waals surface area contributed by atoms with Gasteiger partial charge in [-0.2, -0.15) is 0 Å². The lowest BCUT2D eigenvalue weighted by atomic mass is 10.0. The fraction of sp³-hybridized carbons (Fsp3) is 0.300. The number of nitrogens with zero attached hydrogens (tertiary/aromatic N) is 1. The molecule has 4 rings (SSSR count). The number of hydrogen-bond donors (Lipinski definition) is 2. The molecule has 1 atom stereocenters. The molecule has 1 fully saturated rings. The Hall–Kier alpha value is -2.15. The normalized spacial score (nSPS) is 17.1. The molecule has 27 heavy (non-hydrogen) atoms. The van der Waals surface area contributed by atoms with Crippen LogP contribution in [-0.4, -0.2) is 37.1 Å². The van der Waals surface area contributed by atoms with Crippen LogP contribution < -0.4 is 15.4 Å². The summed E-state index contributed by atoms with van der Waals surface area (Å²) in [5.74, 6) is 0.870. The second-order valence-electron chi connectivity index (χ2n) is 6.59. The Morgan fingerprint density at radius 3 is 2.93 bits per heavy atom. The molecule has 1 amide bonds. The molecule has 1 aliphatic rings. The van der Waals surface area contributed by atoms with Gasteiger partial charge in [-0.15, -0.1) is 11.3 Å². The van der Waals surface area contributed by atoms with Crippen LogP contribution in [0.2, 0.25) is 5.02 Å². The van der Waals surface area contributed by atoms with E-state index in [2.05, 4.69) is 21.7 Å². The molecule has 0 radical (unpaired) electrons. The van der Waals surface area contributed by atoms with Gasteiger partial charge in [0.05, 0.1) is 23.4 Å². The van der Waals surface area contributed by atoms with Crippen LogP contribution in [0.15, 0.2) is 30.5 Å². The third-order valence-corrected chi connectivity index (χ3v) is 6.13. The maximum absolute atomic E-state index is 12.0. The summed E-state index contributed by atoms with van der Waals surface area (Å²) in [6.07, 6.45) is 2.45. The number of benzene rings is 1. The Morgan fingerprint density at radius 2 is 2.15 bits per heavy atom. The van der Waals surface area contributed by atoms with Crippen molar-refractivity contribution in [1.29, 1.82) is 0 Å². The highest BCUT2D eigenvalue weighted by Gasteiger charge is 2.23. The third-order valence-electron chi connectivity index (χ3n) is 4.73. The van der Waals surface area contributed by atoms with Crippen LogP contribution in [-0.2, 0) is 11.2 Å². The van der Waals surface area contributed by atoms with Crippen LogP contribution >= 0.6 is 22.9 Å². The molecule has 3 aromatic rings. The molecular weight excluding hydrogens is 382 g/mol. The molecule has 0 spiro atoms. The Balaban J connectivity index is 1.77. The molecule has 5 nitrogen and oxygen atoms in total. The van der Waals surface area contributed by atoms with Gasteiger partial charge in [0.2, 0.25) is 5.91 Å². The summed E-state index contributed by atoms with van der Waals surface area (Å²) < 4.78 is 6.71. The predicted molar refractivity (Wildman–Crippen MR) is 110 cm³/mol. The van der Waals surface area contributed by atoms with Crippen molar-refractivity contribution in [1.82, 2.24) is 15.6 Å². The number of methoxy groups -OCH3 is 1. The van der Waals surface area contributed by atoms with E-state index in [-0.39, 0.29) is 11.9 Å². The SMILES string of the molecule is COc1c(C)cc(Cl)cc1-c1ccnc2cc(CC3NCCNC3=O)sc12. The number of halogens is 1. The van der Waals surface area contributed by atoms with Crippen LogP contribution in [0.4, 0.5) is 0 Å². The molecular formula is C20H20ClN3O2S. The van der Waals surface area contributed by atoms with E-state index in [4.69, 9.17) is 16.3 Å². The van der Waals surface area contributed by atoms with Crippen molar-refractivity contribution in [3.63, 3.8) is 0 Å². The number of nitrogens with one attached hydrogen (secondary N) is 2. The molecule has 0 aliphatic carbocycles. The molecule has 1 unspecified atom stereocenters. The van der Waals surface area contributed by atoms with Crippen molar-refractivity contribution in [2.24, 2.45) is 0 Å². The van der Waals surface area contributed by atoms with Crippen molar-refractivity contribution in [2.75, 3.05) is 20.2 Å². The number of aromatic nitrogens is 1. The molecule has 2 N–H and O–H groups in total. The quantitative estimate of drug-likeness (QED) is 0.701. The fourth-order valence-electron chi connectivity index (χ4n) is 3.52. The molecule has 0 bridgehead atoms. The fourth-order valence-corrected chi connectivity index (χ4v) is 4.97. The van der Waals surface area contributed by atoms with Gasteiger partial charge >= 0.3 is 0 Å². The van der Waals surface area contributed by atoms with Crippen molar-refractivity contribution >= 4 is 39.1 Å². The van der Waals surface area contributed by atoms with Gasteiger partial charge < -0.3 is 15.4 Å². The first-order valence-corrected chi connectivity index (χ1v) is 9.99. The molecule has 7 heteroatoms. The summed E-state index contributed by atoms with van der Waals surface area (Å²) in [6, 6.07) is 7.68. The van der Waals surface area contributed by atoms with Gasteiger partial charge in [0, 0.05) is 46.7 Å². The second-order valence-corrected chi connectivity index (χ2v) is 8.16. The molecule has 140 valence electrons. The van der Waals surface area contributed by atoms with Crippen molar-refractivity contribution in [2.45, 2.75) is 19.4 Å². The van der Waals surface area contributed by atoms with Gasteiger partial charge in [0.1, 0.15) is 5.75 Å². The number of fused-ring (bicyclic) bond motifs is 1. The minimum absolute atomic E-state index is 0.0547. The summed E-state index contributed by atoms with van der Waals surface area (Å²) in [6.45, 7) is 3.46. The third kappa shape index (κ3) is 3.52. The van der Waals surface area contributed by atoms with Gasteiger partial charge in [0.15, 0.2) is 0 Å². The Labute approximate surface area is 166 Å². The summed E-state index contributed by atoms with van der Waals surface area (Å²) in [5, 5.41) is 6.86. The number of rotatable bonds is 4. The number of ether oxygens (including phenoxy) is 1. The topological polar surface area (TPSA) is 63.2 Å². The summed E-state index contributed by atoms with van der Waals surface area (Å²) in [4.78, 5) is 17.7. The lowest BCUT2D eigenvalue weighted by Crippen LogP contribution is -2.53. The molecule has 2 aromatic heterocycles. The lowest BCUT2D eigenvalue weighted by Gasteiger charge is -2.22. The monoisotopic (exact) mass is 401 g/mol. The van der Waals surface area contributed by atoms with Crippen LogP contribution in [0, 0.1) is 6.92 Å². The Bertz CT molecular complexity index is 1020. The number of piperazine rings is 1. The number of pyridine rings is 1. The minimum Gasteiger partial charge on any atom is -0.496 e. The van der Waals surface area contributed by atoms with E-state index in [1.807, 2.05) is 25.1 Å². The molecule has 1 aliphatic heterocycles. The number of aryl methyl sites for hydroxylation is 1.